The number of nitrogens with zero attached hydrogens (tertiary/aromatic N) is 2. The lowest BCUT2D eigenvalue weighted by molar-refractivity contribution is 0.421. The van der Waals surface area contributed by atoms with E-state index in [4.69, 9.17) is 10.8 Å². The largest absolute Gasteiger partial charge is 0.326 e. The van der Waals surface area contributed by atoms with E-state index in [0.717, 1.165) is 16.6 Å². The monoisotopic (exact) mass is 341 g/mol. The fraction of sp³-hybridized carbons (Fsp3) is 0.500. The molecule has 2 aromatic rings. The summed E-state index contributed by atoms with van der Waals surface area (Å²) in [6, 6.07) is 2.34. The Hall–Kier alpha value is -0.650. The number of hydrogen-bond donors (Lipinski definition) is 1. The molecule has 0 fully saturated rings. The molecular formula is C14H20BrN3S. The highest BCUT2D eigenvalue weighted by atomic mass is 79.9. The zero-order valence-corrected chi connectivity index (χ0v) is 14.2. The van der Waals surface area contributed by atoms with Gasteiger partial charge in [-0.1, -0.05) is 6.92 Å². The molecule has 0 spiro atoms. The fourth-order valence-corrected chi connectivity index (χ4v) is 3.84. The van der Waals surface area contributed by atoms with Crippen molar-refractivity contribution in [3.63, 3.8) is 0 Å². The van der Waals surface area contributed by atoms with Crippen LogP contribution in [0.2, 0.25) is 0 Å². The molecular weight excluding hydrogens is 322 g/mol. The van der Waals surface area contributed by atoms with Gasteiger partial charge in [0.15, 0.2) is 0 Å². The average molecular weight is 342 g/mol. The van der Waals surface area contributed by atoms with Crippen molar-refractivity contribution in [1.29, 1.82) is 0 Å². The van der Waals surface area contributed by atoms with Crippen LogP contribution in [0.5, 0.6) is 0 Å². The standard InChI is InChI=1S/C14H20BrN3S/c1-5-12(16)14(13-6-11(15)7-19-13)18-10(4)8(2)9(3)17-18/h6-7,12,14H,5,16H2,1-4H3. The number of aromatic nitrogens is 2. The van der Waals surface area contributed by atoms with Crippen LogP contribution >= 0.6 is 27.3 Å². The van der Waals surface area contributed by atoms with Crippen LogP contribution in [0.3, 0.4) is 0 Å². The van der Waals surface area contributed by atoms with Gasteiger partial charge in [0.05, 0.1) is 5.69 Å². The van der Waals surface area contributed by atoms with Gasteiger partial charge < -0.3 is 5.73 Å². The van der Waals surface area contributed by atoms with E-state index in [2.05, 4.69) is 59.8 Å². The van der Waals surface area contributed by atoms with Crippen molar-refractivity contribution in [3.05, 3.63) is 37.7 Å². The molecule has 0 saturated carbocycles. The molecule has 3 nitrogen and oxygen atoms in total. The lowest BCUT2D eigenvalue weighted by Crippen LogP contribution is -2.33. The van der Waals surface area contributed by atoms with Gasteiger partial charge in [0, 0.05) is 26.5 Å². The SMILES string of the molecule is CCC(N)C(c1cc(Br)cs1)n1nc(C)c(C)c1C. The third kappa shape index (κ3) is 2.78. The summed E-state index contributed by atoms with van der Waals surface area (Å²) in [6.07, 6.45) is 0.928. The summed E-state index contributed by atoms with van der Waals surface area (Å²) in [6.45, 7) is 8.41. The smallest absolute Gasteiger partial charge is 0.101 e. The van der Waals surface area contributed by atoms with Crippen LogP contribution in [-0.2, 0) is 0 Å². The molecule has 19 heavy (non-hydrogen) atoms. The van der Waals surface area contributed by atoms with Crippen molar-refractivity contribution in [1.82, 2.24) is 9.78 Å². The van der Waals surface area contributed by atoms with Crippen molar-refractivity contribution in [3.8, 4) is 0 Å². The Morgan fingerprint density at radius 3 is 2.53 bits per heavy atom. The minimum Gasteiger partial charge on any atom is -0.326 e. The van der Waals surface area contributed by atoms with Crippen LogP contribution in [-0.4, -0.2) is 15.8 Å². The average Bonchev–Trinajstić information content (AvgIpc) is 2.90. The summed E-state index contributed by atoms with van der Waals surface area (Å²) in [7, 11) is 0. The Labute approximate surface area is 126 Å². The second-order valence-electron chi connectivity index (χ2n) is 4.92. The van der Waals surface area contributed by atoms with E-state index >= 15 is 0 Å². The van der Waals surface area contributed by atoms with Gasteiger partial charge in [-0.15, -0.1) is 11.3 Å². The summed E-state index contributed by atoms with van der Waals surface area (Å²) in [5.74, 6) is 0. The van der Waals surface area contributed by atoms with Crippen LogP contribution in [0.4, 0.5) is 0 Å². The number of rotatable bonds is 4. The molecule has 0 saturated heterocycles. The summed E-state index contributed by atoms with van der Waals surface area (Å²) >= 11 is 5.25. The van der Waals surface area contributed by atoms with E-state index in [1.165, 1.54) is 16.1 Å². The van der Waals surface area contributed by atoms with Gasteiger partial charge in [0.25, 0.3) is 0 Å². The molecule has 2 atom stereocenters. The molecule has 104 valence electrons. The summed E-state index contributed by atoms with van der Waals surface area (Å²) < 4.78 is 3.20. The topological polar surface area (TPSA) is 43.8 Å². The first kappa shape index (κ1) is 14.8. The molecule has 0 aliphatic carbocycles. The number of hydrogen-bond acceptors (Lipinski definition) is 3. The van der Waals surface area contributed by atoms with Gasteiger partial charge in [-0.05, 0) is 54.8 Å². The fourth-order valence-electron chi connectivity index (χ4n) is 2.24. The Morgan fingerprint density at radius 1 is 1.42 bits per heavy atom. The molecule has 2 N–H and O–H groups in total. The highest BCUT2D eigenvalue weighted by Crippen LogP contribution is 2.32. The summed E-state index contributed by atoms with van der Waals surface area (Å²) in [5, 5.41) is 6.79. The Bertz CT molecular complexity index is 573. The first-order valence-corrected chi connectivity index (χ1v) is 8.14. The number of thiophene rings is 1. The van der Waals surface area contributed by atoms with Crippen molar-refractivity contribution in [2.75, 3.05) is 0 Å². The molecule has 2 heterocycles. The lowest BCUT2D eigenvalue weighted by Gasteiger charge is -2.24. The molecule has 0 amide bonds. The molecule has 2 rings (SSSR count). The van der Waals surface area contributed by atoms with E-state index in [1.807, 2.05) is 0 Å². The number of nitrogens with two attached hydrogens (primary N) is 1. The van der Waals surface area contributed by atoms with Gasteiger partial charge in [-0.25, -0.2) is 0 Å². The molecule has 0 radical (unpaired) electrons. The Kier molecular flexibility index (Phi) is 4.48. The first-order chi connectivity index (χ1) is 8.95. The quantitative estimate of drug-likeness (QED) is 0.914. The van der Waals surface area contributed by atoms with Crippen LogP contribution in [0, 0.1) is 20.8 Å². The maximum absolute atomic E-state index is 6.35. The summed E-state index contributed by atoms with van der Waals surface area (Å²) in [4.78, 5) is 1.26. The van der Waals surface area contributed by atoms with Crippen molar-refractivity contribution in [2.24, 2.45) is 5.73 Å². The van der Waals surface area contributed by atoms with Crippen molar-refractivity contribution in [2.45, 2.75) is 46.2 Å². The molecule has 0 bridgehead atoms. The third-order valence-electron chi connectivity index (χ3n) is 3.71. The minimum atomic E-state index is 0.0722. The number of halogens is 1. The maximum atomic E-state index is 6.35. The Balaban J connectivity index is 2.52. The van der Waals surface area contributed by atoms with E-state index in [9.17, 15) is 0 Å². The van der Waals surface area contributed by atoms with Gasteiger partial charge in [0.2, 0.25) is 0 Å². The minimum absolute atomic E-state index is 0.0722. The van der Waals surface area contributed by atoms with E-state index < -0.39 is 0 Å². The lowest BCUT2D eigenvalue weighted by atomic mass is 10.0. The maximum Gasteiger partial charge on any atom is 0.101 e. The van der Waals surface area contributed by atoms with Gasteiger partial charge in [-0.3, -0.25) is 4.68 Å². The first-order valence-electron chi connectivity index (χ1n) is 6.47. The van der Waals surface area contributed by atoms with Gasteiger partial charge in [0.1, 0.15) is 6.04 Å². The predicted octanol–water partition coefficient (Wildman–Crippen LogP) is 3.96. The predicted molar refractivity (Wildman–Crippen MR) is 84.9 cm³/mol. The van der Waals surface area contributed by atoms with Crippen LogP contribution < -0.4 is 5.73 Å². The highest BCUT2D eigenvalue weighted by Gasteiger charge is 2.25. The van der Waals surface area contributed by atoms with Crippen LogP contribution in [0.1, 0.15) is 41.2 Å². The molecule has 2 unspecified atom stereocenters. The van der Waals surface area contributed by atoms with E-state index in [1.54, 1.807) is 11.3 Å². The summed E-state index contributed by atoms with van der Waals surface area (Å²) in [5.41, 5.74) is 9.89. The van der Waals surface area contributed by atoms with E-state index in [-0.39, 0.29) is 12.1 Å². The van der Waals surface area contributed by atoms with Gasteiger partial charge >= 0.3 is 0 Å². The number of aryl methyl sites for hydroxylation is 1. The molecule has 2 aromatic heterocycles. The molecule has 5 heteroatoms. The third-order valence-corrected chi connectivity index (χ3v) is 5.47. The molecule has 0 aromatic carbocycles. The zero-order valence-electron chi connectivity index (χ0n) is 11.8. The van der Waals surface area contributed by atoms with E-state index in [0.29, 0.717) is 0 Å². The molecule has 0 aliphatic rings. The zero-order chi connectivity index (χ0) is 14.2. The van der Waals surface area contributed by atoms with Gasteiger partial charge in [-0.2, -0.15) is 5.10 Å². The second kappa shape index (κ2) is 5.77. The normalized spacial score (nSPS) is 14.6. The second-order valence-corrected chi connectivity index (χ2v) is 6.78. The Morgan fingerprint density at radius 2 is 2.11 bits per heavy atom. The highest BCUT2D eigenvalue weighted by molar-refractivity contribution is 9.10. The molecule has 0 aliphatic heterocycles. The van der Waals surface area contributed by atoms with Crippen LogP contribution in [0.15, 0.2) is 15.9 Å². The van der Waals surface area contributed by atoms with Crippen molar-refractivity contribution < 1.29 is 0 Å². The van der Waals surface area contributed by atoms with Crippen LogP contribution in [0.25, 0.3) is 0 Å². The van der Waals surface area contributed by atoms with Crippen molar-refractivity contribution >= 4 is 27.3 Å².